The molecule has 4 rings (SSSR count). The highest BCUT2D eigenvalue weighted by Gasteiger charge is 2.32. The molecule has 6 nitrogen and oxygen atoms in total. The van der Waals surface area contributed by atoms with Gasteiger partial charge in [0, 0.05) is 30.4 Å². The summed E-state index contributed by atoms with van der Waals surface area (Å²) < 4.78 is 35.3. The molecular weight excluding hydrogens is 388 g/mol. The van der Waals surface area contributed by atoms with E-state index in [1.54, 1.807) is 18.2 Å². The predicted octanol–water partition coefficient (Wildman–Crippen LogP) is 3.28. The number of ether oxygens (including phenoxy) is 1. The number of aryl methyl sites for hydroxylation is 1. The molecule has 0 spiro atoms. The lowest BCUT2D eigenvalue weighted by Crippen LogP contribution is -2.48. The lowest BCUT2D eigenvalue weighted by Gasteiger charge is -2.34. The normalized spacial score (nSPS) is 20.8. The van der Waals surface area contributed by atoms with Crippen LogP contribution in [0.15, 0.2) is 59.6 Å². The van der Waals surface area contributed by atoms with Gasteiger partial charge in [-0.2, -0.15) is 4.31 Å². The molecule has 1 aromatic carbocycles. The fourth-order valence-corrected chi connectivity index (χ4v) is 5.59. The van der Waals surface area contributed by atoms with Gasteiger partial charge in [0.1, 0.15) is 0 Å². The number of nitrogens with zero attached hydrogens (tertiary/aromatic N) is 2. The monoisotopic (exact) mass is 412 g/mol. The molecule has 3 heterocycles. The lowest BCUT2D eigenvalue weighted by molar-refractivity contribution is -0.0440. The molecule has 2 atom stereocenters. The van der Waals surface area contributed by atoms with Crippen molar-refractivity contribution in [2.75, 3.05) is 13.1 Å². The molecule has 0 radical (unpaired) electrons. The Hall–Kier alpha value is -2.48. The van der Waals surface area contributed by atoms with Crippen molar-refractivity contribution in [3.8, 4) is 0 Å². The summed E-state index contributed by atoms with van der Waals surface area (Å²) in [4.78, 5) is 13.4. The van der Waals surface area contributed by atoms with Gasteiger partial charge >= 0.3 is 0 Å². The van der Waals surface area contributed by atoms with Crippen molar-refractivity contribution >= 4 is 21.3 Å². The average Bonchev–Trinajstić information content (AvgIpc) is 3.02. The average molecular weight is 413 g/mol. The third-order valence-corrected chi connectivity index (χ3v) is 7.03. The first kappa shape index (κ1) is 19.8. The molecule has 1 fully saturated rings. The summed E-state index contributed by atoms with van der Waals surface area (Å²) in [5, 5.41) is 0. The maximum atomic E-state index is 13.3. The van der Waals surface area contributed by atoms with Crippen LogP contribution in [0.4, 0.5) is 0 Å². The quantitative estimate of drug-likeness (QED) is 0.617. The number of aromatic nitrogens is 1. The van der Waals surface area contributed by atoms with E-state index < -0.39 is 10.0 Å². The van der Waals surface area contributed by atoms with E-state index in [0.717, 1.165) is 11.1 Å². The van der Waals surface area contributed by atoms with Crippen LogP contribution in [0, 0.1) is 6.92 Å². The topological polar surface area (TPSA) is 68.1 Å². The highest BCUT2D eigenvalue weighted by atomic mass is 32.2. The van der Waals surface area contributed by atoms with E-state index in [-0.39, 0.29) is 22.9 Å². The van der Waals surface area contributed by atoms with E-state index >= 15 is 0 Å². The van der Waals surface area contributed by atoms with Gasteiger partial charge in [0.25, 0.3) is 0 Å². The molecule has 0 unspecified atom stereocenters. The second kappa shape index (κ2) is 7.40. The standard InChI is InChI=1S/C22H24N2O4S/c1-15-11-19-8-4-5-10-24(19)21(15)22(25)18-7-6-9-20(12-18)29(26,27)23-13-16(2)28-17(3)14-23/h4-12,16-17H,13-14H2,1-3H3/t16-,17-/m0/s1. The predicted molar refractivity (Wildman–Crippen MR) is 111 cm³/mol. The van der Waals surface area contributed by atoms with Gasteiger partial charge in [-0.1, -0.05) is 18.2 Å². The van der Waals surface area contributed by atoms with Crippen molar-refractivity contribution in [3.05, 3.63) is 71.5 Å². The van der Waals surface area contributed by atoms with Gasteiger partial charge in [-0.25, -0.2) is 8.42 Å². The molecule has 0 saturated carbocycles. The van der Waals surface area contributed by atoms with E-state index in [9.17, 15) is 13.2 Å². The van der Waals surface area contributed by atoms with Crippen LogP contribution in [-0.4, -0.2) is 48.2 Å². The third kappa shape index (κ3) is 3.61. The van der Waals surface area contributed by atoms with E-state index in [1.807, 2.05) is 55.6 Å². The van der Waals surface area contributed by atoms with E-state index in [1.165, 1.54) is 10.4 Å². The molecule has 7 heteroatoms. The van der Waals surface area contributed by atoms with Crippen LogP contribution in [0.2, 0.25) is 0 Å². The maximum absolute atomic E-state index is 13.3. The SMILES string of the molecule is Cc1cc2ccccn2c1C(=O)c1cccc(S(=O)(=O)N2C[C@H](C)O[C@@H](C)C2)c1. The van der Waals surface area contributed by atoms with Crippen molar-refractivity contribution in [1.29, 1.82) is 0 Å². The minimum absolute atomic E-state index is 0.128. The first-order valence-corrected chi connectivity index (χ1v) is 11.1. The number of hydrogen-bond acceptors (Lipinski definition) is 4. The van der Waals surface area contributed by atoms with Crippen LogP contribution >= 0.6 is 0 Å². The molecule has 3 aromatic rings. The highest BCUT2D eigenvalue weighted by molar-refractivity contribution is 7.89. The van der Waals surface area contributed by atoms with Crippen molar-refractivity contribution in [2.45, 2.75) is 37.9 Å². The number of morpholine rings is 1. The van der Waals surface area contributed by atoms with Crippen LogP contribution in [-0.2, 0) is 14.8 Å². The van der Waals surface area contributed by atoms with Crippen LogP contribution in [0.5, 0.6) is 0 Å². The third-order valence-electron chi connectivity index (χ3n) is 5.21. The molecule has 0 aliphatic carbocycles. The van der Waals surface area contributed by atoms with E-state index in [4.69, 9.17) is 4.74 Å². The fourth-order valence-electron chi connectivity index (χ4n) is 3.96. The molecule has 29 heavy (non-hydrogen) atoms. The van der Waals surface area contributed by atoms with E-state index in [0.29, 0.717) is 24.3 Å². The molecular formula is C22H24N2O4S. The minimum Gasteiger partial charge on any atom is -0.373 e. The summed E-state index contributed by atoms with van der Waals surface area (Å²) in [6.07, 6.45) is 1.49. The van der Waals surface area contributed by atoms with Crippen molar-refractivity contribution in [2.24, 2.45) is 0 Å². The summed E-state index contributed by atoms with van der Waals surface area (Å²) in [7, 11) is -3.71. The molecule has 1 aliphatic rings. The lowest BCUT2D eigenvalue weighted by atomic mass is 10.1. The minimum atomic E-state index is -3.71. The van der Waals surface area contributed by atoms with Gasteiger partial charge < -0.3 is 9.14 Å². The van der Waals surface area contributed by atoms with Crippen molar-refractivity contribution < 1.29 is 17.9 Å². The Balaban J connectivity index is 1.72. The zero-order valence-electron chi connectivity index (χ0n) is 16.7. The summed E-state index contributed by atoms with van der Waals surface area (Å²) in [5.41, 5.74) is 2.68. The number of sulfonamides is 1. The Morgan fingerprint density at radius 1 is 1.03 bits per heavy atom. The molecule has 1 saturated heterocycles. The summed E-state index contributed by atoms with van der Waals surface area (Å²) in [6.45, 7) is 6.20. The van der Waals surface area contributed by atoms with E-state index in [2.05, 4.69) is 0 Å². The number of carbonyl (C=O) groups excluding carboxylic acids is 1. The Morgan fingerprint density at radius 3 is 2.48 bits per heavy atom. The highest BCUT2D eigenvalue weighted by Crippen LogP contribution is 2.24. The van der Waals surface area contributed by atoms with Gasteiger partial charge in [0.15, 0.2) is 0 Å². The first-order valence-electron chi connectivity index (χ1n) is 9.64. The first-order chi connectivity index (χ1) is 13.8. The Labute approximate surface area is 170 Å². The number of pyridine rings is 1. The molecule has 0 bridgehead atoms. The zero-order valence-corrected chi connectivity index (χ0v) is 17.5. The van der Waals surface area contributed by atoms with Gasteiger partial charge in [-0.3, -0.25) is 4.79 Å². The fraction of sp³-hybridized carbons (Fsp3) is 0.318. The van der Waals surface area contributed by atoms with Crippen LogP contribution < -0.4 is 0 Å². The van der Waals surface area contributed by atoms with Crippen LogP contribution in [0.1, 0.15) is 35.5 Å². The molecule has 2 aromatic heterocycles. The Kier molecular flexibility index (Phi) is 5.06. The Morgan fingerprint density at radius 2 is 1.76 bits per heavy atom. The van der Waals surface area contributed by atoms with Gasteiger partial charge in [0.2, 0.25) is 15.8 Å². The largest absolute Gasteiger partial charge is 0.373 e. The molecule has 0 amide bonds. The van der Waals surface area contributed by atoms with Gasteiger partial charge in [-0.05, 0) is 56.7 Å². The van der Waals surface area contributed by atoms with Gasteiger partial charge in [-0.15, -0.1) is 0 Å². The zero-order chi connectivity index (χ0) is 20.8. The van der Waals surface area contributed by atoms with Crippen LogP contribution in [0.3, 0.4) is 0 Å². The number of hydrogen-bond donors (Lipinski definition) is 0. The second-order valence-electron chi connectivity index (χ2n) is 7.61. The number of fused-ring (bicyclic) bond motifs is 1. The molecule has 1 aliphatic heterocycles. The number of benzene rings is 1. The number of carbonyl (C=O) groups is 1. The summed E-state index contributed by atoms with van der Waals surface area (Å²) >= 11 is 0. The smallest absolute Gasteiger partial charge is 0.243 e. The second-order valence-corrected chi connectivity index (χ2v) is 9.55. The van der Waals surface area contributed by atoms with Gasteiger partial charge in [0.05, 0.1) is 22.8 Å². The van der Waals surface area contributed by atoms with Crippen LogP contribution in [0.25, 0.3) is 5.52 Å². The summed E-state index contributed by atoms with van der Waals surface area (Å²) in [6, 6.07) is 14.0. The van der Waals surface area contributed by atoms with Crippen molar-refractivity contribution in [3.63, 3.8) is 0 Å². The maximum Gasteiger partial charge on any atom is 0.243 e. The Bertz CT molecular complexity index is 1170. The molecule has 152 valence electrons. The molecule has 0 N–H and O–H groups in total. The summed E-state index contributed by atoms with van der Waals surface area (Å²) in [5.74, 6) is -0.200. The van der Waals surface area contributed by atoms with Crippen molar-refractivity contribution in [1.82, 2.24) is 8.71 Å². The number of rotatable bonds is 4. The number of ketones is 1.